The fourth-order valence-corrected chi connectivity index (χ4v) is 16.4. The second-order valence-electron chi connectivity index (χ2n) is 28.2. The third kappa shape index (κ3) is 29.8. The molecule has 0 radical (unpaired) electrons. The van der Waals surface area contributed by atoms with Crippen LogP contribution in [-0.2, 0) is 97.7 Å². The molecular formula is C72H99IN16O21S2. The zero-order valence-corrected chi connectivity index (χ0v) is 65.6. The van der Waals surface area contributed by atoms with Crippen molar-refractivity contribution in [1.82, 2.24) is 51.8 Å². The summed E-state index contributed by atoms with van der Waals surface area (Å²) < 4.78 is 1.58. The minimum Gasteiger partial charge on any atom is -0.508 e. The van der Waals surface area contributed by atoms with Crippen LogP contribution in [0.25, 0.3) is 0 Å². The van der Waals surface area contributed by atoms with Crippen LogP contribution in [-0.4, -0.2) is 225 Å². The van der Waals surface area contributed by atoms with Gasteiger partial charge in [0.05, 0.1) is 76.3 Å². The van der Waals surface area contributed by atoms with Gasteiger partial charge < -0.3 is 91.0 Å². The summed E-state index contributed by atoms with van der Waals surface area (Å²) >= 11 is 1.84. The fourth-order valence-electron chi connectivity index (χ4n) is 13.4. The van der Waals surface area contributed by atoms with E-state index < -0.39 is 243 Å². The van der Waals surface area contributed by atoms with Gasteiger partial charge in [0.1, 0.15) is 17.5 Å². The number of fused-ring (bicyclic) bond motifs is 11. The average molecular weight is 1720 g/mol. The van der Waals surface area contributed by atoms with Crippen LogP contribution in [0.3, 0.4) is 0 Å². The number of Topliss-reactive ketones (excluding diaryl/α,β-unsaturated/α-hetero) is 6. The Morgan fingerprint density at radius 2 is 1.34 bits per heavy atom. The van der Waals surface area contributed by atoms with Crippen LogP contribution >= 0.6 is 44.2 Å². The van der Waals surface area contributed by atoms with E-state index in [4.69, 9.17) is 28.7 Å². The van der Waals surface area contributed by atoms with Crippen molar-refractivity contribution in [2.24, 2.45) is 69.2 Å². The molecule has 37 nitrogen and oxygen atoms in total. The van der Waals surface area contributed by atoms with E-state index in [0.717, 1.165) is 33.4 Å². The molecule has 9 amide bonds. The van der Waals surface area contributed by atoms with Crippen molar-refractivity contribution in [2.45, 2.75) is 184 Å². The molecule has 40 heteroatoms. The van der Waals surface area contributed by atoms with Gasteiger partial charge in [-0.15, -0.1) is 5.10 Å². The van der Waals surface area contributed by atoms with Gasteiger partial charge in [-0.3, -0.25) is 81.6 Å². The molecule has 6 rings (SSSR count). The molecule has 3 aliphatic rings. The largest absolute Gasteiger partial charge is 0.508 e. The molecule has 13 atom stereocenters. The number of urea groups is 1. The van der Waals surface area contributed by atoms with Gasteiger partial charge >= 0.3 is 18.0 Å². The van der Waals surface area contributed by atoms with Crippen LogP contribution in [0.2, 0.25) is 0 Å². The number of phenols is 2. The summed E-state index contributed by atoms with van der Waals surface area (Å²) in [6.07, 6.45) is -8.28. The highest BCUT2D eigenvalue weighted by Crippen LogP contribution is 2.31. The molecule has 2 saturated heterocycles. The first-order valence-corrected chi connectivity index (χ1v) is 40.2. The number of aliphatic hydroxyl groups is 1. The number of nitrogens with two attached hydrogens (primary N) is 5. The number of carboxylic acids is 2. The number of aliphatic carboxylic acids is 2. The van der Waals surface area contributed by atoms with Crippen LogP contribution in [0, 0.1) is 39.1 Å². The highest BCUT2D eigenvalue weighted by molar-refractivity contribution is 14.1. The van der Waals surface area contributed by atoms with Crippen molar-refractivity contribution in [3.05, 3.63) is 69.1 Å². The van der Waals surface area contributed by atoms with Gasteiger partial charge in [0.15, 0.2) is 40.7 Å². The predicted molar refractivity (Wildman–Crippen MR) is 413 cm³/mol. The number of amides is 9. The number of rotatable bonds is 24. The minimum atomic E-state index is -1.88. The standard InChI is InChI=1S/C72H99IN16O21S2/c1-37(90)64-60(98)30-44(32-63(101)102)69(107)89-21-5-9-53(89)59(97)28-41(6-2-18-79-71(76)77)66(104)84-52-36-112-111-35-51(81-62(100)33-74)58(96)29-43(68(106)85-64)25-46-34-88(87-86-46)20-4-8-49(55(93)31-45(70(108)109)22-38-10-14-47(91)15-11-38)82-67(105)42(13-17-61(75)99)27-56(94)50(24-39-12-16-54(92)48(73)23-39)83-65(103)40(26-57(52)95)7-3-19-80-72(78)110/h10-12,14-16,23,34,37,40-45,49-53,64,90-92H,2-9,13,17-22,24-33,35-36,74H2,1H3,(H2,75,99)(H,81,100)(H,82,105)(H,83,103)(H,84,104)(H,85,106)(H,101,102)(H,108,109)(H4,76,77,79)(H3,78,80,110)/t37-,40-,41-,42-,43-,44+,45-,49+,50+,51+,52+,53+,64+/m1/s1. The molecule has 3 aromatic rings. The van der Waals surface area contributed by atoms with Crippen molar-refractivity contribution in [3.8, 4) is 11.5 Å². The van der Waals surface area contributed by atoms with Crippen LogP contribution in [0.5, 0.6) is 11.5 Å². The molecule has 4 bridgehead atoms. The number of aromatic nitrogens is 3. The fraction of sp³-hybridized carbons (Fsp3) is 0.569. The normalized spacial score (nSPS) is 24.2. The number of benzene rings is 2. The summed E-state index contributed by atoms with van der Waals surface area (Å²) in [5.74, 6) is -24.9. The number of primary amides is 2. The molecule has 2 fully saturated rings. The quantitative estimate of drug-likeness (QED) is 0.0169. The third-order valence-corrected chi connectivity index (χ3v) is 22.8. The number of hydrogen-bond donors (Lipinski definition) is 16. The Hall–Kier alpha value is -9.68. The molecule has 0 unspecified atom stereocenters. The van der Waals surface area contributed by atoms with Gasteiger partial charge in [0, 0.05) is 113 Å². The highest BCUT2D eigenvalue weighted by atomic mass is 127. The number of aromatic hydroxyl groups is 2. The van der Waals surface area contributed by atoms with Crippen molar-refractivity contribution in [1.29, 1.82) is 0 Å². The van der Waals surface area contributed by atoms with E-state index in [-0.39, 0.29) is 125 Å². The molecule has 612 valence electrons. The summed E-state index contributed by atoms with van der Waals surface area (Å²) in [5.41, 5.74) is 28.9. The summed E-state index contributed by atoms with van der Waals surface area (Å²) in [6.45, 7) is 0.0362. The number of hydrogen-bond acceptors (Lipinski definition) is 25. The molecule has 1 aromatic heterocycles. The Morgan fingerprint density at radius 1 is 0.705 bits per heavy atom. The number of nitrogens with one attached hydrogen (secondary N) is 6. The summed E-state index contributed by atoms with van der Waals surface area (Å²) in [5, 5.41) is 76.5. The first kappa shape index (κ1) is 91.2. The first-order chi connectivity index (χ1) is 53.1. The zero-order valence-electron chi connectivity index (χ0n) is 61.8. The Bertz CT molecular complexity index is 3940. The lowest BCUT2D eigenvalue weighted by atomic mass is 9.88. The van der Waals surface area contributed by atoms with Crippen LogP contribution in [0.15, 0.2) is 53.7 Å². The van der Waals surface area contributed by atoms with E-state index in [1.807, 2.05) is 22.6 Å². The molecule has 0 spiro atoms. The average Bonchev–Trinajstić information content (AvgIpc) is 1.62. The third-order valence-electron chi connectivity index (χ3n) is 19.5. The lowest BCUT2D eigenvalue weighted by molar-refractivity contribution is -0.148. The predicted octanol–water partition coefficient (Wildman–Crippen LogP) is -0.956. The van der Waals surface area contributed by atoms with E-state index in [2.05, 4.69) is 47.2 Å². The number of nitrogens with zero attached hydrogens (tertiary/aromatic N) is 5. The molecule has 2 aromatic carbocycles. The number of ketones is 6. The Labute approximate surface area is 666 Å². The monoisotopic (exact) mass is 1710 g/mol. The maximum absolute atomic E-state index is 15.4. The van der Waals surface area contributed by atoms with Gasteiger partial charge in [0.2, 0.25) is 41.4 Å². The SMILES string of the molecule is C[C@@H](O)[C@@H]1NC(=O)[C@H]2CC(=O)[C@@H](NC(=O)CN)CSSC[C@H](NC(=O)[C@H](CCCN=C(N)N)CC(=O)[C@@H]3CCCN3C(=O)[C@H](CC(=O)O)CC1=O)C(=O)C[C@@H](CCCNC(N)=O)C(=O)N[C@@H](Cc1ccc(O)c(I)c1)C(=O)C[C@@H](CCC(N)=O)C(=O)N[C@H](C(=O)C[C@@H](Cc1ccc(O)cc1)C(=O)O)CCCn1cc(nn1)C2. The second-order valence-corrected chi connectivity index (χ2v) is 31.9. The number of carboxylic acid groups (broad SMARTS) is 2. The van der Waals surface area contributed by atoms with E-state index in [1.165, 1.54) is 53.3 Å². The lowest BCUT2D eigenvalue weighted by Crippen LogP contribution is -2.52. The number of aliphatic hydroxyl groups excluding tert-OH is 1. The maximum atomic E-state index is 15.4. The van der Waals surface area contributed by atoms with E-state index in [1.54, 1.807) is 0 Å². The Morgan fingerprint density at radius 3 is 1.99 bits per heavy atom. The molecule has 4 heterocycles. The number of halogens is 1. The summed E-state index contributed by atoms with van der Waals surface area (Å²) in [4.78, 5) is 233. The van der Waals surface area contributed by atoms with Crippen LogP contribution in [0.1, 0.15) is 133 Å². The summed E-state index contributed by atoms with van der Waals surface area (Å²) in [6, 6.07) is -0.526. The highest BCUT2D eigenvalue weighted by Gasteiger charge is 2.43. The van der Waals surface area contributed by atoms with Gasteiger partial charge in [-0.1, -0.05) is 45.0 Å². The zero-order chi connectivity index (χ0) is 82.5. The second kappa shape index (κ2) is 45.1. The molecule has 0 aliphatic carbocycles. The molecule has 112 heavy (non-hydrogen) atoms. The first-order valence-electron chi connectivity index (χ1n) is 36.7. The maximum Gasteiger partial charge on any atom is 0.312 e. The van der Waals surface area contributed by atoms with Crippen molar-refractivity contribution in [3.63, 3.8) is 0 Å². The number of carbonyl (C=O) groups excluding carboxylic acids is 14. The van der Waals surface area contributed by atoms with E-state index >= 15 is 19.2 Å². The topological polar surface area (TPSA) is 623 Å². The van der Waals surface area contributed by atoms with Gasteiger partial charge in [-0.25, -0.2) is 4.79 Å². The van der Waals surface area contributed by atoms with Gasteiger partial charge in [0.25, 0.3) is 0 Å². The number of carbonyl (C=O) groups is 16. The Balaban J connectivity index is 1.56. The molecule has 3 aliphatic heterocycles. The minimum absolute atomic E-state index is 0.0158. The van der Waals surface area contributed by atoms with Crippen molar-refractivity contribution < 1.29 is 102 Å². The van der Waals surface area contributed by atoms with Crippen LogP contribution in [0.4, 0.5) is 4.79 Å². The van der Waals surface area contributed by atoms with E-state index in [0.29, 0.717) is 14.7 Å². The number of guanidine groups is 1. The Kier molecular flexibility index (Phi) is 36.7. The number of aryl methyl sites for hydroxylation is 1. The number of aliphatic imine (C=N–C) groups is 1. The molecule has 0 saturated carbocycles. The van der Waals surface area contributed by atoms with Crippen molar-refractivity contribution in [2.75, 3.05) is 37.7 Å². The van der Waals surface area contributed by atoms with E-state index in [9.17, 15) is 83.1 Å². The number of phenolic OH excluding ortho intramolecular Hbond substituents is 2. The summed E-state index contributed by atoms with van der Waals surface area (Å²) in [7, 11) is 1.80. The molecule has 21 N–H and O–H groups in total. The van der Waals surface area contributed by atoms with Gasteiger partial charge in [-0.2, -0.15) is 0 Å². The van der Waals surface area contributed by atoms with Crippen LogP contribution < -0.4 is 60.6 Å². The lowest BCUT2D eigenvalue weighted by Gasteiger charge is -2.30. The van der Waals surface area contributed by atoms with Crippen molar-refractivity contribution >= 4 is 144 Å². The van der Waals surface area contributed by atoms with Gasteiger partial charge in [-0.05, 0) is 136 Å². The smallest absolute Gasteiger partial charge is 0.312 e. The molecular weight excluding hydrogens is 1620 g/mol.